The lowest BCUT2D eigenvalue weighted by Crippen LogP contribution is -2.49. The van der Waals surface area contributed by atoms with Crippen LogP contribution in [0, 0.1) is 12.8 Å². The fourth-order valence-corrected chi connectivity index (χ4v) is 5.59. The van der Waals surface area contributed by atoms with Crippen molar-refractivity contribution in [3.8, 4) is 0 Å². The first-order valence-electron chi connectivity index (χ1n) is 10.00. The molecule has 1 fully saturated rings. The Morgan fingerprint density at radius 2 is 1.81 bits per heavy atom. The highest BCUT2D eigenvalue weighted by Gasteiger charge is 2.62. The number of hydrogen-bond acceptors (Lipinski definition) is 2. The van der Waals surface area contributed by atoms with Crippen molar-refractivity contribution in [3.63, 3.8) is 0 Å². The van der Waals surface area contributed by atoms with Gasteiger partial charge in [0.2, 0.25) is 0 Å². The Morgan fingerprint density at radius 1 is 1.19 bits per heavy atom. The van der Waals surface area contributed by atoms with Gasteiger partial charge in [0.15, 0.2) is 8.32 Å². The van der Waals surface area contributed by atoms with E-state index in [1.54, 1.807) is 0 Å². The maximum Gasteiger partial charge on any atom is 0.192 e. The van der Waals surface area contributed by atoms with Crippen molar-refractivity contribution in [2.75, 3.05) is 0 Å². The van der Waals surface area contributed by atoms with Crippen molar-refractivity contribution in [3.05, 3.63) is 41.5 Å². The summed E-state index contributed by atoms with van der Waals surface area (Å²) in [7, 11) is -1.84. The van der Waals surface area contributed by atoms with Crippen LogP contribution < -0.4 is 0 Å². The summed E-state index contributed by atoms with van der Waals surface area (Å²) in [6.07, 6.45) is 3.46. The zero-order valence-corrected chi connectivity index (χ0v) is 19.1. The van der Waals surface area contributed by atoms with Crippen LogP contribution in [0.1, 0.15) is 59.1 Å². The summed E-state index contributed by atoms with van der Waals surface area (Å²) in [6, 6.07) is 8.68. The molecule has 0 unspecified atom stereocenters. The highest BCUT2D eigenvalue weighted by molar-refractivity contribution is 6.74. The Bertz CT molecular complexity index is 728. The topological polar surface area (TPSA) is 18.5 Å². The molecule has 0 radical (unpaired) electrons. The van der Waals surface area contributed by atoms with Crippen molar-refractivity contribution in [2.24, 2.45) is 5.92 Å². The van der Waals surface area contributed by atoms with E-state index in [2.05, 4.69) is 91.9 Å². The van der Waals surface area contributed by atoms with Crippen molar-refractivity contribution in [1.82, 2.24) is 0 Å². The normalized spacial score (nSPS) is 31.6. The van der Waals surface area contributed by atoms with Gasteiger partial charge in [-0.3, -0.25) is 0 Å². The minimum atomic E-state index is -1.84. The highest BCUT2D eigenvalue weighted by atomic mass is 28.4. The minimum Gasteiger partial charge on any atom is -0.411 e. The Hall–Kier alpha value is -0.903. The molecule has 2 bridgehead atoms. The summed E-state index contributed by atoms with van der Waals surface area (Å²) < 4.78 is 13.7. The van der Waals surface area contributed by atoms with Crippen molar-refractivity contribution >= 4 is 13.9 Å². The summed E-state index contributed by atoms with van der Waals surface area (Å²) in [5.41, 5.74) is 3.44. The Kier molecular flexibility index (Phi) is 4.62. The van der Waals surface area contributed by atoms with Crippen molar-refractivity contribution in [2.45, 2.75) is 90.3 Å². The molecule has 0 N–H and O–H groups in total. The Balaban J connectivity index is 2.02. The van der Waals surface area contributed by atoms with Crippen LogP contribution in [0.5, 0.6) is 0 Å². The van der Waals surface area contributed by atoms with Gasteiger partial charge < -0.3 is 9.16 Å². The molecule has 144 valence electrons. The fraction of sp³-hybridized carbons (Fsp3) is 0.652. The van der Waals surface area contributed by atoms with Crippen LogP contribution in [-0.2, 0) is 9.16 Å². The van der Waals surface area contributed by atoms with Crippen molar-refractivity contribution in [1.29, 1.82) is 0 Å². The van der Waals surface area contributed by atoms with E-state index in [1.807, 2.05) is 0 Å². The lowest BCUT2D eigenvalue weighted by Gasteiger charge is -2.42. The largest absolute Gasteiger partial charge is 0.411 e. The Labute approximate surface area is 161 Å². The zero-order chi connectivity index (χ0) is 19.5. The molecular weight excluding hydrogens is 336 g/mol. The molecule has 2 heterocycles. The van der Waals surface area contributed by atoms with Crippen LogP contribution >= 0.6 is 0 Å². The quantitative estimate of drug-likeness (QED) is 0.573. The number of rotatable bonds is 4. The average Bonchev–Trinajstić information content (AvgIpc) is 2.95. The lowest BCUT2D eigenvalue weighted by atomic mass is 9.72. The van der Waals surface area contributed by atoms with Gasteiger partial charge >= 0.3 is 0 Å². The molecule has 26 heavy (non-hydrogen) atoms. The number of benzene rings is 1. The van der Waals surface area contributed by atoms with Gasteiger partial charge in [0.05, 0.1) is 11.7 Å². The van der Waals surface area contributed by atoms with E-state index < -0.39 is 8.32 Å². The maximum atomic E-state index is 6.86. The third-order valence-corrected chi connectivity index (χ3v) is 11.5. The predicted molar refractivity (Wildman–Crippen MR) is 113 cm³/mol. The van der Waals surface area contributed by atoms with Crippen molar-refractivity contribution < 1.29 is 9.16 Å². The van der Waals surface area contributed by atoms with E-state index in [-0.39, 0.29) is 22.3 Å². The van der Waals surface area contributed by atoms with Gasteiger partial charge in [-0.2, -0.15) is 0 Å². The van der Waals surface area contributed by atoms with Gasteiger partial charge in [-0.25, -0.2) is 0 Å². The molecule has 2 aliphatic rings. The molecule has 3 atom stereocenters. The zero-order valence-electron chi connectivity index (χ0n) is 18.1. The molecule has 3 heteroatoms. The second-order valence-electron chi connectivity index (χ2n) is 10.3. The summed E-state index contributed by atoms with van der Waals surface area (Å²) in [5, 5.41) is 0.207. The van der Waals surface area contributed by atoms with Gasteiger partial charge in [0, 0.05) is 6.42 Å². The molecular formula is C23H36O2Si. The predicted octanol–water partition coefficient (Wildman–Crippen LogP) is 6.36. The fourth-order valence-electron chi connectivity index (χ4n) is 4.21. The first-order chi connectivity index (χ1) is 11.8. The molecule has 0 aliphatic carbocycles. The molecule has 0 aromatic heterocycles. The van der Waals surface area contributed by atoms with E-state index in [4.69, 9.17) is 9.16 Å². The molecule has 0 spiro atoms. The van der Waals surface area contributed by atoms with Crippen LogP contribution in [0.2, 0.25) is 18.1 Å². The van der Waals surface area contributed by atoms with Crippen LogP contribution in [0.4, 0.5) is 0 Å². The third kappa shape index (κ3) is 2.92. The second-order valence-corrected chi connectivity index (χ2v) is 15.0. The summed E-state index contributed by atoms with van der Waals surface area (Å²) >= 11 is 0. The second kappa shape index (κ2) is 6.05. The van der Waals surface area contributed by atoms with Crippen LogP contribution in [0.25, 0.3) is 5.57 Å². The minimum absolute atomic E-state index is 0.138. The summed E-state index contributed by atoms with van der Waals surface area (Å²) in [6.45, 7) is 20.6. The van der Waals surface area contributed by atoms with Crippen LogP contribution in [-0.4, -0.2) is 25.6 Å². The van der Waals surface area contributed by atoms with E-state index in [9.17, 15) is 0 Å². The van der Waals surface area contributed by atoms with Gasteiger partial charge in [0.1, 0.15) is 5.60 Å². The number of hydrogen-bond donors (Lipinski definition) is 0. The van der Waals surface area contributed by atoms with Gasteiger partial charge in [-0.15, -0.1) is 0 Å². The summed E-state index contributed by atoms with van der Waals surface area (Å²) in [5.74, 6) is 0.406. The van der Waals surface area contributed by atoms with Gasteiger partial charge in [-0.05, 0) is 60.7 Å². The smallest absolute Gasteiger partial charge is 0.192 e. The SMILES string of the molecule is Cc1ccccc1C1=C[C@]2(C)O[C@@]1(C(C)C)C[C@H]2O[Si](C)(C)C(C)(C)C. The van der Waals surface area contributed by atoms with E-state index >= 15 is 0 Å². The maximum absolute atomic E-state index is 6.86. The summed E-state index contributed by atoms with van der Waals surface area (Å²) in [4.78, 5) is 0. The molecule has 0 amide bonds. The molecule has 1 saturated heterocycles. The average molecular weight is 373 g/mol. The first kappa shape index (κ1) is 19.8. The van der Waals surface area contributed by atoms with E-state index in [0.717, 1.165) is 6.42 Å². The molecule has 3 rings (SSSR count). The standard InChI is InChI=1S/C23H36O2Si/c1-16(2)23-15-20(24-26(8,9)21(4,5)6)22(7,25-23)14-19(23)18-13-11-10-12-17(18)3/h10-14,16,20H,15H2,1-9H3/t20-,22+,23-/m1/s1. The molecule has 2 aliphatic heterocycles. The van der Waals surface area contributed by atoms with Crippen LogP contribution in [0.15, 0.2) is 30.3 Å². The third-order valence-electron chi connectivity index (χ3n) is 7.03. The molecule has 0 saturated carbocycles. The highest BCUT2D eigenvalue weighted by Crippen LogP contribution is 2.58. The van der Waals surface area contributed by atoms with Gasteiger partial charge in [-0.1, -0.05) is 58.9 Å². The van der Waals surface area contributed by atoms with Gasteiger partial charge in [0.25, 0.3) is 0 Å². The van der Waals surface area contributed by atoms with E-state index in [0.29, 0.717) is 5.92 Å². The Morgan fingerprint density at radius 3 is 2.35 bits per heavy atom. The molecule has 1 aromatic rings. The molecule has 2 nitrogen and oxygen atoms in total. The lowest BCUT2D eigenvalue weighted by molar-refractivity contribution is -0.0601. The number of ether oxygens (including phenoxy) is 1. The van der Waals surface area contributed by atoms with Crippen LogP contribution in [0.3, 0.4) is 0 Å². The number of aryl methyl sites for hydroxylation is 1. The van der Waals surface area contributed by atoms with E-state index in [1.165, 1.54) is 16.7 Å². The first-order valence-corrected chi connectivity index (χ1v) is 12.9. The number of fused-ring (bicyclic) bond motifs is 2. The molecule has 1 aromatic carbocycles. The monoisotopic (exact) mass is 372 g/mol.